The van der Waals surface area contributed by atoms with Gasteiger partial charge in [-0.15, -0.1) is 11.3 Å². The van der Waals surface area contributed by atoms with Crippen LogP contribution < -0.4 is 5.32 Å². The van der Waals surface area contributed by atoms with E-state index in [-0.39, 0.29) is 0 Å². The van der Waals surface area contributed by atoms with Gasteiger partial charge in [0.05, 0.1) is 0 Å². The minimum absolute atomic E-state index is 0.806. The van der Waals surface area contributed by atoms with Crippen LogP contribution in [0.2, 0.25) is 0 Å². The molecule has 1 aromatic carbocycles. The average molecular weight is 421 g/mol. The van der Waals surface area contributed by atoms with E-state index in [2.05, 4.69) is 35.6 Å². The fraction of sp³-hybridized carbons (Fsp3) is 0.360. The molecule has 1 aliphatic rings. The van der Waals surface area contributed by atoms with E-state index in [0.717, 1.165) is 67.8 Å². The molecule has 0 saturated carbocycles. The Kier molecular flexibility index (Phi) is 6.80. The first-order chi connectivity index (χ1) is 14.7. The van der Waals surface area contributed by atoms with E-state index in [1.54, 1.807) is 11.3 Å². The van der Waals surface area contributed by atoms with E-state index in [1.807, 2.05) is 12.1 Å². The number of nitrogens with zero attached hydrogens (tertiary/aromatic N) is 1. The van der Waals surface area contributed by atoms with Crippen molar-refractivity contribution in [3.8, 4) is 0 Å². The third-order valence-electron chi connectivity index (χ3n) is 5.62. The molecule has 2 aromatic heterocycles. The van der Waals surface area contributed by atoms with Crippen molar-refractivity contribution in [3.63, 3.8) is 0 Å². The van der Waals surface area contributed by atoms with Crippen molar-refractivity contribution in [3.05, 3.63) is 64.7 Å². The standard InChI is InChI=1S/C25H28N2O2S/c28-24(29)17-20(23-16-19-9-5-6-12-22(19)30-23)8-3-1-2-4-11-21-14-13-18-10-7-15-26-25(18)27-21/h5-6,9,12-14,16-17H,1-4,7-8,10-11,15H2,(H,26,27)(H,28,29). The van der Waals surface area contributed by atoms with Gasteiger partial charge in [-0.3, -0.25) is 0 Å². The Morgan fingerprint density at radius 2 is 2.00 bits per heavy atom. The van der Waals surface area contributed by atoms with Crippen LogP contribution in [0.5, 0.6) is 0 Å². The Morgan fingerprint density at radius 1 is 1.13 bits per heavy atom. The highest BCUT2D eigenvalue weighted by molar-refractivity contribution is 7.20. The van der Waals surface area contributed by atoms with Gasteiger partial charge < -0.3 is 10.4 Å². The number of anilines is 1. The van der Waals surface area contributed by atoms with E-state index in [9.17, 15) is 9.90 Å². The van der Waals surface area contributed by atoms with Gasteiger partial charge in [-0.2, -0.15) is 0 Å². The Hall–Kier alpha value is -2.66. The van der Waals surface area contributed by atoms with Gasteiger partial charge >= 0.3 is 5.97 Å². The van der Waals surface area contributed by atoms with Crippen molar-refractivity contribution < 1.29 is 9.90 Å². The summed E-state index contributed by atoms with van der Waals surface area (Å²) in [5.74, 6) is 0.208. The van der Waals surface area contributed by atoms with Crippen LogP contribution >= 0.6 is 11.3 Å². The summed E-state index contributed by atoms with van der Waals surface area (Å²) >= 11 is 1.68. The largest absolute Gasteiger partial charge is 0.478 e. The van der Waals surface area contributed by atoms with Crippen LogP contribution in [0.3, 0.4) is 0 Å². The number of pyridine rings is 1. The van der Waals surface area contributed by atoms with Crippen molar-refractivity contribution in [2.45, 2.75) is 51.4 Å². The average Bonchev–Trinajstić information content (AvgIpc) is 3.19. The molecule has 4 rings (SSSR count). The zero-order valence-electron chi connectivity index (χ0n) is 17.2. The van der Waals surface area contributed by atoms with Crippen LogP contribution in [-0.4, -0.2) is 22.6 Å². The zero-order chi connectivity index (χ0) is 20.8. The van der Waals surface area contributed by atoms with Gasteiger partial charge in [0, 0.05) is 27.9 Å². The van der Waals surface area contributed by atoms with E-state index in [4.69, 9.17) is 4.98 Å². The number of carbonyl (C=O) groups is 1. The molecule has 30 heavy (non-hydrogen) atoms. The Morgan fingerprint density at radius 3 is 2.87 bits per heavy atom. The number of hydrogen-bond acceptors (Lipinski definition) is 4. The summed E-state index contributed by atoms with van der Waals surface area (Å²) in [6.45, 7) is 1.02. The number of allylic oxidation sites excluding steroid dienone is 1. The first kappa shape index (κ1) is 20.6. The fourth-order valence-electron chi connectivity index (χ4n) is 4.04. The highest BCUT2D eigenvalue weighted by Crippen LogP contribution is 2.33. The number of fused-ring (bicyclic) bond motifs is 2. The summed E-state index contributed by atoms with van der Waals surface area (Å²) in [4.78, 5) is 17.2. The molecule has 2 N–H and O–H groups in total. The Labute approximate surface area is 181 Å². The summed E-state index contributed by atoms with van der Waals surface area (Å²) in [6.07, 6.45) is 9.87. The number of aliphatic carboxylic acids is 1. The number of unbranched alkanes of at least 4 members (excludes halogenated alkanes) is 3. The molecular weight excluding hydrogens is 392 g/mol. The lowest BCUT2D eigenvalue weighted by molar-refractivity contribution is -0.131. The highest BCUT2D eigenvalue weighted by Gasteiger charge is 2.11. The molecule has 0 spiro atoms. The second-order valence-electron chi connectivity index (χ2n) is 7.91. The number of aromatic nitrogens is 1. The minimum Gasteiger partial charge on any atom is -0.478 e. The molecule has 0 bridgehead atoms. The number of nitrogens with one attached hydrogen (secondary N) is 1. The lowest BCUT2D eigenvalue weighted by Gasteiger charge is -2.17. The lowest BCUT2D eigenvalue weighted by Crippen LogP contribution is -2.13. The first-order valence-electron chi connectivity index (χ1n) is 10.8. The maximum Gasteiger partial charge on any atom is 0.328 e. The van der Waals surface area contributed by atoms with Gasteiger partial charge in [0.1, 0.15) is 5.82 Å². The Balaban J connectivity index is 1.26. The normalized spacial score (nSPS) is 13.8. The number of rotatable bonds is 9. The molecule has 5 heteroatoms. The summed E-state index contributed by atoms with van der Waals surface area (Å²) < 4.78 is 1.20. The summed E-state index contributed by atoms with van der Waals surface area (Å²) in [5, 5.41) is 13.9. The van der Waals surface area contributed by atoms with E-state index in [1.165, 1.54) is 33.8 Å². The zero-order valence-corrected chi connectivity index (χ0v) is 18.0. The van der Waals surface area contributed by atoms with Gasteiger partial charge in [0.2, 0.25) is 0 Å². The van der Waals surface area contributed by atoms with Crippen LogP contribution in [0.15, 0.2) is 48.5 Å². The fourth-order valence-corrected chi connectivity index (χ4v) is 5.15. The molecule has 0 fully saturated rings. The molecule has 0 atom stereocenters. The van der Waals surface area contributed by atoms with E-state index in [0.29, 0.717) is 0 Å². The predicted octanol–water partition coefficient (Wildman–Crippen LogP) is 6.32. The molecule has 0 radical (unpaired) electrons. The van der Waals surface area contributed by atoms with Crippen molar-refractivity contribution in [1.29, 1.82) is 0 Å². The molecular formula is C25H28N2O2S. The predicted molar refractivity (Wildman–Crippen MR) is 125 cm³/mol. The van der Waals surface area contributed by atoms with Crippen LogP contribution in [0.25, 0.3) is 15.7 Å². The van der Waals surface area contributed by atoms with E-state index >= 15 is 0 Å². The van der Waals surface area contributed by atoms with Crippen molar-refractivity contribution in [2.75, 3.05) is 11.9 Å². The maximum atomic E-state index is 11.3. The number of hydrogen-bond donors (Lipinski definition) is 2. The second-order valence-corrected chi connectivity index (χ2v) is 8.99. The van der Waals surface area contributed by atoms with Crippen molar-refractivity contribution in [1.82, 2.24) is 4.98 Å². The third kappa shape index (κ3) is 5.28. The molecule has 0 unspecified atom stereocenters. The molecule has 1 aliphatic heterocycles. The lowest BCUT2D eigenvalue weighted by atomic mass is 10.0. The molecule has 3 aromatic rings. The van der Waals surface area contributed by atoms with Gasteiger partial charge in [-0.25, -0.2) is 9.78 Å². The third-order valence-corrected chi connectivity index (χ3v) is 6.81. The highest BCUT2D eigenvalue weighted by atomic mass is 32.1. The van der Waals surface area contributed by atoms with Crippen LogP contribution in [0.4, 0.5) is 5.82 Å². The minimum atomic E-state index is -0.866. The molecule has 3 heterocycles. The number of aryl methyl sites for hydroxylation is 2. The van der Waals surface area contributed by atoms with Crippen LogP contribution in [0, 0.1) is 0 Å². The Bertz CT molecular complexity index is 1020. The summed E-state index contributed by atoms with van der Waals surface area (Å²) in [7, 11) is 0. The van der Waals surface area contributed by atoms with Gasteiger partial charge in [0.25, 0.3) is 0 Å². The SMILES string of the molecule is O=C(O)C=C(CCCCCCc1ccc2c(n1)NCCC2)c1cc2ccccc2s1. The maximum absolute atomic E-state index is 11.3. The van der Waals surface area contributed by atoms with Crippen LogP contribution in [-0.2, 0) is 17.6 Å². The van der Waals surface area contributed by atoms with Gasteiger partial charge in [-0.05, 0) is 73.2 Å². The van der Waals surface area contributed by atoms with Crippen molar-refractivity contribution >= 4 is 38.8 Å². The van der Waals surface area contributed by atoms with Gasteiger partial charge in [-0.1, -0.05) is 37.1 Å². The number of benzene rings is 1. The number of carboxylic acid groups (broad SMARTS) is 1. The molecule has 0 aliphatic carbocycles. The quantitative estimate of drug-likeness (QED) is 0.314. The van der Waals surface area contributed by atoms with Gasteiger partial charge in [0.15, 0.2) is 0 Å². The molecule has 156 valence electrons. The molecule has 4 nitrogen and oxygen atoms in total. The van der Waals surface area contributed by atoms with Crippen molar-refractivity contribution in [2.24, 2.45) is 0 Å². The topological polar surface area (TPSA) is 62.2 Å². The smallest absolute Gasteiger partial charge is 0.328 e. The summed E-state index contributed by atoms with van der Waals surface area (Å²) in [5.41, 5.74) is 3.44. The van der Waals surface area contributed by atoms with Crippen LogP contribution in [0.1, 0.15) is 54.7 Å². The second kappa shape index (κ2) is 9.90. The van der Waals surface area contributed by atoms with E-state index < -0.39 is 5.97 Å². The monoisotopic (exact) mass is 420 g/mol. The molecule has 0 saturated heterocycles. The number of thiophene rings is 1. The first-order valence-corrected chi connectivity index (χ1v) is 11.7. The summed E-state index contributed by atoms with van der Waals surface area (Å²) in [6, 6.07) is 14.7. The number of carboxylic acids is 1. The molecule has 0 amide bonds.